The first-order chi connectivity index (χ1) is 16.6. The molecule has 4 nitrogen and oxygen atoms in total. The predicted octanol–water partition coefficient (Wildman–Crippen LogP) is 6.01. The van der Waals surface area contributed by atoms with Crippen molar-refractivity contribution in [1.82, 2.24) is 0 Å². The topological polar surface area (TPSA) is 63.6 Å². The first-order valence-electron chi connectivity index (χ1n) is 12.1. The van der Waals surface area contributed by atoms with E-state index in [-0.39, 0.29) is 25.1 Å². The van der Waals surface area contributed by atoms with Crippen molar-refractivity contribution in [2.75, 3.05) is 19.0 Å². The van der Waals surface area contributed by atoms with Crippen LogP contribution in [0.1, 0.15) is 47.2 Å². The van der Waals surface area contributed by atoms with E-state index in [0.717, 1.165) is 42.6 Å². The molecule has 0 amide bonds. The van der Waals surface area contributed by atoms with Crippen molar-refractivity contribution < 1.29 is 19.4 Å². The summed E-state index contributed by atoms with van der Waals surface area (Å²) in [5.74, 6) is 1.39. The van der Waals surface area contributed by atoms with Crippen molar-refractivity contribution in [3.05, 3.63) is 77.4 Å². The van der Waals surface area contributed by atoms with E-state index in [2.05, 4.69) is 48.5 Å². The van der Waals surface area contributed by atoms with Crippen molar-refractivity contribution >= 4 is 34.3 Å². The second-order valence-corrected chi connectivity index (χ2v) is 10.1. The minimum Gasteiger partial charge on any atom is -0.460 e. The second kappa shape index (κ2) is 11.7. The third-order valence-corrected chi connectivity index (χ3v) is 7.99. The Bertz CT molecular complexity index is 1150. The summed E-state index contributed by atoms with van der Waals surface area (Å²) < 4.78 is 5.09. The zero-order chi connectivity index (χ0) is 23.9. The molecule has 0 aromatic heterocycles. The largest absolute Gasteiger partial charge is 0.460 e. The molecule has 1 fully saturated rings. The first kappa shape index (κ1) is 24.5. The lowest BCUT2D eigenvalue weighted by Crippen LogP contribution is -2.17. The van der Waals surface area contributed by atoms with Gasteiger partial charge < -0.3 is 9.84 Å². The van der Waals surface area contributed by atoms with Gasteiger partial charge in [-0.1, -0.05) is 48.5 Å². The fraction of sp³-hybridized carbons (Fsp3) is 0.379. The van der Waals surface area contributed by atoms with Crippen LogP contribution in [0.5, 0.6) is 0 Å². The lowest BCUT2D eigenvalue weighted by molar-refractivity contribution is -0.120. The molecule has 2 atom stereocenters. The molecule has 1 N–H and O–H groups in total. The number of carbonyl (C=O) groups is 2. The molecule has 3 aromatic rings. The van der Waals surface area contributed by atoms with Crippen molar-refractivity contribution in [3.63, 3.8) is 0 Å². The van der Waals surface area contributed by atoms with Crippen molar-refractivity contribution in [3.8, 4) is 0 Å². The van der Waals surface area contributed by atoms with Gasteiger partial charge in [-0.15, -0.1) is 11.8 Å². The normalized spacial score (nSPS) is 17.9. The number of benzene rings is 3. The van der Waals surface area contributed by atoms with Gasteiger partial charge in [-0.3, -0.25) is 4.79 Å². The summed E-state index contributed by atoms with van der Waals surface area (Å²) in [5.41, 5.74) is 2.54. The Morgan fingerprint density at radius 3 is 2.79 bits per heavy atom. The van der Waals surface area contributed by atoms with Crippen LogP contribution in [0, 0.1) is 18.8 Å². The van der Waals surface area contributed by atoms with E-state index in [1.165, 1.54) is 15.7 Å². The zero-order valence-electron chi connectivity index (χ0n) is 19.7. The highest BCUT2D eigenvalue weighted by atomic mass is 32.2. The van der Waals surface area contributed by atoms with Crippen molar-refractivity contribution in [2.45, 2.75) is 43.9 Å². The first-order valence-corrected chi connectivity index (χ1v) is 13.1. The van der Waals surface area contributed by atoms with Crippen LogP contribution < -0.4 is 0 Å². The number of aliphatic hydroxyl groups is 1. The molecule has 4 rings (SSSR count). The molecule has 1 saturated carbocycles. The van der Waals surface area contributed by atoms with Gasteiger partial charge in [0.1, 0.15) is 12.4 Å². The molecule has 34 heavy (non-hydrogen) atoms. The highest BCUT2D eigenvalue weighted by molar-refractivity contribution is 7.99. The zero-order valence-corrected chi connectivity index (χ0v) is 20.5. The van der Waals surface area contributed by atoms with E-state index in [1.807, 2.05) is 30.8 Å². The van der Waals surface area contributed by atoms with Crippen molar-refractivity contribution in [1.29, 1.82) is 0 Å². The Labute approximate surface area is 205 Å². The quantitative estimate of drug-likeness (QED) is 0.287. The fourth-order valence-corrected chi connectivity index (χ4v) is 6.22. The van der Waals surface area contributed by atoms with Crippen LogP contribution in [0.4, 0.5) is 0 Å². The van der Waals surface area contributed by atoms with Gasteiger partial charge in [0.15, 0.2) is 0 Å². The molecule has 0 spiro atoms. The van der Waals surface area contributed by atoms with Crippen LogP contribution in [-0.2, 0) is 16.0 Å². The average molecular weight is 477 g/mol. The number of carbonyl (C=O) groups excluding carboxylic acids is 2. The third kappa shape index (κ3) is 5.89. The van der Waals surface area contributed by atoms with E-state index in [0.29, 0.717) is 23.7 Å². The Balaban J connectivity index is 1.34. The predicted molar refractivity (Wildman–Crippen MR) is 137 cm³/mol. The van der Waals surface area contributed by atoms with Crippen LogP contribution in [0.15, 0.2) is 65.6 Å². The molecule has 178 valence electrons. The molecule has 3 aromatic carbocycles. The maximum Gasteiger partial charge on any atom is 0.338 e. The number of Topliss-reactive ketones (excluding diaryl/α,β-unsaturated/α-hetero) is 1. The van der Waals surface area contributed by atoms with Crippen molar-refractivity contribution in [2.24, 2.45) is 11.8 Å². The summed E-state index contributed by atoms with van der Waals surface area (Å²) in [7, 11) is 0. The molecule has 0 heterocycles. The Morgan fingerprint density at radius 1 is 1.12 bits per heavy atom. The van der Waals surface area contributed by atoms with E-state index in [4.69, 9.17) is 9.84 Å². The van der Waals surface area contributed by atoms with E-state index < -0.39 is 0 Å². The second-order valence-electron chi connectivity index (χ2n) is 9.06. The SMILES string of the molecule is Cc1ccc(CCC[C@H]2CCC(=O)C2CSc2cccc3ccccc23)cc1C(=O)OCCO. The van der Waals surface area contributed by atoms with Crippen LogP contribution >= 0.6 is 11.8 Å². The molecule has 0 radical (unpaired) electrons. The molecular weight excluding hydrogens is 444 g/mol. The lowest BCUT2D eigenvalue weighted by Gasteiger charge is -2.18. The molecule has 0 bridgehead atoms. The number of hydrogen-bond acceptors (Lipinski definition) is 5. The Morgan fingerprint density at radius 2 is 1.94 bits per heavy atom. The van der Waals surface area contributed by atoms with Gasteiger partial charge in [0.05, 0.1) is 12.2 Å². The van der Waals surface area contributed by atoms with Gasteiger partial charge in [-0.2, -0.15) is 0 Å². The van der Waals surface area contributed by atoms with Crippen LogP contribution in [-0.4, -0.2) is 35.8 Å². The molecular formula is C29H32O4S. The number of ketones is 1. The molecule has 5 heteroatoms. The number of esters is 1. The molecule has 1 aliphatic rings. The van der Waals surface area contributed by atoms with Gasteiger partial charge in [0.2, 0.25) is 0 Å². The summed E-state index contributed by atoms with van der Waals surface area (Å²) >= 11 is 1.81. The number of rotatable bonds is 10. The smallest absolute Gasteiger partial charge is 0.338 e. The van der Waals surface area contributed by atoms with Crippen LogP contribution in [0.25, 0.3) is 10.8 Å². The van der Waals surface area contributed by atoms with Gasteiger partial charge >= 0.3 is 5.97 Å². The van der Waals surface area contributed by atoms with Gasteiger partial charge in [-0.05, 0) is 72.6 Å². The minimum atomic E-state index is -0.389. The number of ether oxygens (including phenoxy) is 1. The summed E-state index contributed by atoms with van der Waals surface area (Å²) in [6.07, 6.45) is 4.55. The lowest BCUT2D eigenvalue weighted by atomic mass is 9.90. The maximum atomic E-state index is 12.7. The van der Waals surface area contributed by atoms with E-state index >= 15 is 0 Å². The fourth-order valence-electron chi connectivity index (χ4n) is 4.88. The monoisotopic (exact) mass is 476 g/mol. The van der Waals surface area contributed by atoms with Crippen LogP contribution in [0.2, 0.25) is 0 Å². The molecule has 0 aliphatic heterocycles. The molecule has 1 aliphatic carbocycles. The van der Waals surface area contributed by atoms with Gasteiger partial charge in [0, 0.05) is 23.0 Å². The van der Waals surface area contributed by atoms with Crippen LogP contribution in [0.3, 0.4) is 0 Å². The minimum absolute atomic E-state index is 0.0103. The highest BCUT2D eigenvalue weighted by Gasteiger charge is 2.34. The number of hydrogen-bond donors (Lipinski definition) is 1. The number of thioether (sulfide) groups is 1. The Kier molecular flexibility index (Phi) is 8.41. The van der Waals surface area contributed by atoms with Gasteiger partial charge in [0.25, 0.3) is 0 Å². The average Bonchev–Trinajstić information content (AvgIpc) is 3.21. The number of aliphatic hydroxyl groups excluding tert-OH is 1. The molecule has 0 saturated heterocycles. The third-order valence-electron chi connectivity index (χ3n) is 6.80. The van der Waals surface area contributed by atoms with E-state index in [1.54, 1.807) is 0 Å². The highest BCUT2D eigenvalue weighted by Crippen LogP contribution is 2.38. The maximum absolute atomic E-state index is 12.7. The number of fused-ring (bicyclic) bond motifs is 1. The molecule has 1 unspecified atom stereocenters. The Hall–Kier alpha value is -2.63. The summed E-state index contributed by atoms with van der Waals surface area (Å²) in [5, 5.41) is 11.4. The number of aryl methyl sites for hydroxylation is 2. The summed E-state index contributed by atoms with van der Waals surface area (Å²) in [6.45, 7) is 1.72. The summed E-state index contributed by atoms with van der Waals surface area (Å²) in [6, 6.07) is 20.7. The van der Waals surface area contributed by atoms with E-state index in [9.17, 15) is 9.59 Å². The van der Waals surface area contributed by atoms with Gasteiger partial charge in [-0.25, -0.2) is 4.79 Å². The standard InChI is InChI=1S/C29H32O4S/c1-20-12-13-21(18-25(20)29(32)33-17-16-30)6-4-8-23-14-15-27(31)26(23)19-34-28-11-5-9-22-7-2-3-10-24(22)28/h2-3,5,7,9-13,18,23,26,30H,4,6,8,14-17,19H2,1H3/t23-,26?/m0/s1. The summed E-state index contributed by atoms with van der Waals surface area (Å²) in [4.78, 5) is 26.1.